The lowest BCUT2D eigenvalue weighted by molar-refractivity contribution is -0.118. The number of rotatable bonds is 6. The SMILES string of the molecule is N=C(c1ccc(NC(=O)C(NC(=O)Nc2ccc(Cl)cc2)c2cccs2)cc1)N1CCCC1. The average molecular weight is 482 g/mol. The molecule has 0 aliphatic carbocycles. The fourth-order valence-corrected chi connectivity index (χ4v) is 4.50. The highest BCUT2D eigenvalue weighted by atomic mass is 35.5. The van der Waals surface area contributed by atoms with Crippen LogP contribution >= 0.6 is 22.9 Å². The van der Waals surface area contributed by atoms with Crippen LogP contribution in [-0.4, -0.2) is 35.8 Å². The number of nitrogens with zero attached hydrogens (tertiary/aromatic N) is 1. The van der Waals surface area contributed by atoms with Crippen molar-refractivity contribution in [1.82, 2.24) is 10.2 Å². The molecule has 1 aliphatic rings. The third-order valence-electron chi connectivity index (χ3n) is 5.32. The second-order valence-electron chi connectivity index (χ2n) is 7.66. The largest absolute Gasteiger partial charge is 0.357 e. The second-order valence-corrected chi connectivity index (χ2v) is 9.08. The monoisotopic (exact) mass is 481 g/mol. The number of amides is 3. The van der Waals surface area contributed by atoms with Gasteiger partial charge in [-0.15, -0.1) is 11.3 Å². The van der Waals surface area contributed by atoms with Crippen LogP contribution in [0.15, 0.2) is 66.0 Å². The van der Waals surface area contributed by atoms with Gasteiger partial charge >= 0.3 is 6.03 Å². The van der Waals surface area contributed by atoms with E-state index in [2.05, 4.69) is 20.9 Å². The van der Waals surface area contributed by atoms with Crippen LogP contribution in [0.1, 0.15) is 29.3 Å². The summed E-state index contributed by atoms with van der Waals surface area (Å²) >= 11 is 7.27. The molecule has 1 aromatic heterocycles. The molecule has 33 heavy (non-hydrogen) atoms. The first-order chi connectivity index (χ1) is 16.0. The van der Waals surface area contributed by atoms with Gasteiger partial charge in [-0.1, -0.05) is 17.7 Å². The summed E-state index contributed by atoms with van der Waals surface area (Å²) in [5.41, 5.74) is 1.97. The molecule has 0 saturated carbocycles. The summed E-state index contributed by atoms with van der Waals surface area (Å²) in [6, 6.07) is 16.2. The zero-order valence-electron chi connectivity index (χ0n) is 17.8. The van der Waals surface area contributed by atoms with Gasteiger partial charge in [-0.05, 0) is 72.8 Å². The molecular weight excluding hydrogens is 458 g/mol. The van der Waals surface area contributed by atoms with Gasteiger partial charge in [0.15, 0.2) is 0 Å². The zero-order valence-corrected chi connectivity index (χ0v) is 19.4. The Bertz CT molecular complexity index is 1110. The quantitative estimate of drug-likeness (QED) is 0.283. The van der Waals surface area contributed by atoms with Crippen molar-refractivity contribution in [2.24, 2.45) is 0 Å². The number of thiophene rings is 1. The van der Waals surface area contributed by atoms with Crippen LogP contribution in [0.4, 0.5) is 16.2 Å². The molecule has 9 heteroatoms. The molecule has 2 heterocycles. The van der Waals surface area contributed by atoms with E-state index in [1.165, 1.54) is 11.3 Å². The predicted octanol–water partition coefficient (Wildman–Crippen LogP) is 5.32. The molecule has 0 bridgehead atoms. The highest BCUT2D eigenvalue weighted by Crippen LogP contribution is 2.22. The first-order valence-corrected chi connectivity index (χ1v) is 11.9. The molecule has 7 nitrogen and oxygen atoms in total. The van der Waals surface area contributed by atoms with E-state index in [-0.39, 0.29) is 5.91 Å². The molecule has 3 amide bonds. The molecule has 0 radical (unpaired) electrons. The van der Waals surface area contributed by atoms with Gasteiger partial charge in [0.05, 0.1) is 0 Å². The maximum absolute atomic E-state index is 13.1. The number of amidine groups is 1. The maximum atomic E-state index is 13.1. The smallest absolute Gasteiger partial charge is 0.320 e. The highest BCUT2D eigenvalue weighted by Gasteiger charge is 2.24. The number of carbonyl (C=O) groups is 2. The Morgan fingerprint density at radius 3 is 2.21 bits per heavy atom. The molecular formula is C24H24ClN5O2S. The summed E-state index contributed by atoms with van der Waals surface area (Å²) in [5.74, 6) is 0.147. The average Bonchev–Trinajstić information content (AvgIpc) is 3.54. The van der Waals surface area contributed by atoms with Gasteiger partial charge < -0.3 is 20.9 Å². The van der Waals surface area contributed by atoms with Crippen LogP contribution in [-0.2, 0) is 4.79 Å². The van der Waals surface area contributed by atoms with E-state index in [9.17, 15) is 9.59 Å². The summed E-state index contributed by atoms with van der Waals surface area (Å²) in [6.07, 6.45) is 2.22. The molecule has 1 saturated heterocycles. The Hall–Kier alpha value is -3.36. The Balaban J connectivity index is 1.42. The van der Waals surface area contributed by atoms with Crippen molar-refractivity contribution in [2.75, 3.05) is 23.7 Å². The summed E-state index contributed by atoms with van der Waals surface area (Å²) in [7, 11) is 0. The van der Waals surface area contributed by atoms with Crippen molar-refractivity contribution in [3.63, 3.8) is 0 Å². The number of likely N-dealkylation sites (tertiary alicyclic amines) is 1. The van der Waals surface area contributed by atoms with E-state index >= 15 is 0 Å². The van der Waals surface area contributed by atoms with Crippen LogP contribution in [0.5, 0.6) is 0 Å². The lowest BCUT2D eigenvalue weighted by Gasteiger charge is -2.19. The number of carbonyl (C=O) groups excluding carboxylic acids is 2. The Kier molecular flexibility index (Phi) is 7.26. The number of benzene rings is 2. The van der Waals surface area contributed by atoms with Crippen LogP contribution in [0, 0.1) is 5.41 Å². The Labute approximate surface area is 201 Å². The van der Waals surface area contributed by atoms with E-state index in [1.54, 1.807) is 42.5 Å². The summed E-state index contributed by atoms with van der Waals surface area (Å²) in [6.45, 7) is 1.81. The van der Waals surface area contributed by atoms with Gasteiger partial charge in [-0.25, -0.2) is 4.79 Å². The predicted molar refractivity (Wildman–Crippen MR) is 133 cm³/mol. The normalized spacial score (nSPS) is 13.9. The number of nitrogens with one attached hydrogen (secondary N) is 4. The molecule has 0 spiro atoms. The van der Waals surface area contributed by atoms with Crippen molar-refractivity contribution < 1.29 is 9.59 Å². The summed E-state index contributed by atoms with van der Waals surface area (Å²) in [4.78, 5) is 28.4. The number of hydrogen-bond acceptors (Lipinski definition) is 4. The second kappa shape index (κ2) is 10.5. The van der Waals surface area contributed by atoms with Gasteiger partial charge in [0.25, 0.3) is 5.91 Å². The number of halogens is 1. The molecule has 2 aromatic carbocycles. The van der Waals surface area contributed by atoms with E-state index in [0.29, 0.717) is 27.1 Å². The minimum absolute atomic E-state index is 0.355. The van der Waals surface area contributed by atoms with Crippen molar-refractivity contribution in [3.05, 3.63) is 81.5 Å². The van der Waals surface area contributed by atoms with Gasteiger partial charge in [-0.3, -0.25) is 10.2 Å². The number of hydrogen-bond donors (Lipinski definition) is 4. The van der Waals surface area contributed by atoms with Crippen LogP contribution < -0.4 is 16.0 Å². The van der Waals surface area contributed by atoms with E-state index in [4.69, 9.17) is 17.0 Å². The van der Waals surface area contributed by atoms with Crippen molar-refractivity contribution in [1.29, 1.82) is 5.41 Å². The lowest BCUT2D eigenvalue weighted by atomic mass is 10.1. The first kappa shape index (κ1) is 22.8. The molecule has 3 aromatic rings. The third kappa shape index (κ3) is 5.91. The lowest BCUT2D eigenvalue weighted by Crippen LogP contribution is -2.39. The standard InChI is InChI=1S/C24H24ClN5O2S/c25-17-7-11-19(12-8-17)28-24(32)29-21(20-4-3-15-33-20)23(31)27-18-9-5-16(6-10-18)22(26)30-13-1-2-14-30/h3-12,15,21,26H,1-2,13-14H2,(H,27,31)(H2,28,29,32). The molecule has 4 N–H and O–H groups in total. The van der Waals surface area contributed by atoms with Crippen molar-refractivity contribution in [2.45, 2.75) is 18.9 Å². The highest BCUT2D eigenvalue weighted by molar-refractivity contribution is 7.10. The molecule has 170 valence electrons. The van der Waals surface area contributed by atoms with Gasteiger partial charge in [-0.2, -0.15) is 0 Å². The molecule has 1 fully saturated rings. The van der Waals surface area contributed by atoms with Crippen LogP contribution in [0.25, 0.3) is 0 Å². The van der Waals surface area contributed by atoms with Gasteiger partial charge in [0.2, 0.25) is 0 Å². The number of urea groups is 1. The Morgan fingerprint density at radius 1 is 0.939 bits per heavy atom. The fraction of sp³-hybridized carbons (Fsp3) is 0.208. The fourth-order valence-electron chi connectivity index (χ4n) is 3.60. The molecule has 1 atom stereocenters. The van der Waals surface area contributed by atoms with Gasteiger partial charge in [0, 0.05) is 39.9 Å². The van der Waals surface area contributed by atoms with Crippen molar-refractivity contribution >= 4 is 52.1 Å². The summed E-state index contributed by atoms with van der Waals surface area (Å²) < 4.78 is 0. The third-order valence-corrected chi connectivity index (χ3v) is 6.50. The van der Waals surface area contributed by atoms with E-state index in [0.717, 1.165) is 31.5 Å². The van der Waals surface area contributed by atoms with E-state index in [1.807, 2.05) is 23.6 Å². The summed E-state index contributed by atoms with van der Waals surface area (Å²) in [5, 5.41) is 19.1. The zero-order chi connectivity index (χ0) is 23.2. The minimum atomic E-state index is -0.861. The topological polar surface area (TPSA) is 97.3 Å². The van der Waals surface area contributed by atoms with Crippen LogP contribution in [0.3, 0.4) is 0 Å². The maximum Gasteiger partial charge on any atom is 0.320 e. The van der Waals surface area contributed by atoms with Gasteiger partial charge in [0.1, 0.15) is 11.9 Å². The molecule has 1 aliphatic heterocycles. The first-order valence-electron chi connectivity index (χ1n) is 10.6. The number of anilines is 2. The minimum Gasteiger partial charge on any atom is -0.357 e. The van der Waals surface area contributed by atoms with E-state index < -0.39 is 12.1 Å². The molecule has 4 rings (SSSR count). The Morgan fingerprint density at radius 2 is 1.58 bits per heavy atom. The molecule has 1 unspecified atom stereocenters. The van der Waals surface area contributed by atoms with Crippen LogP contribution in [0.2, 0.25) is 5.02 Å². The van der Waals surface area contributed by atoms with Crippen molar-refractivity contribution in [3.8, 4) is 0 Å².